The van der Waals surface area contributed by atoms with Gasteiger partial charge in [0.05, 0.1) is 12.6 Å². The fourth-order valence-electron chi connectivity index (χ4n) is 3.65. The molecule has 2 rings (SSSR count). The third kappa shape index (κ3) is 2.57. The number of rotatable bonds is 6. The van der Waals surface area contributed by atoms with E-state index in [4.69, 9.17) is 10.5 Å². The fourth-order valence-corrected chi connectivity index (χ4v) is 3.65. The van der Waals surface area contributed by atoms with E-state index in [-0.39, 0.29) is 5.54 Å². The molecule has 0 saturated carbocycles. The third-order valence-corrected chi connectivity index (χ3v) is 4.67. The van der Waals surface area contributed by atoms with Crippen LogP contribution in [-0.4, -0.2) is 31.6 Å². The van der Waals surface area contributed by atoms with Crippen LogP contribution in [-0.2, 0) is 12.0 Å². The van der Waals surface area contributed by atoms with Crippen molar-refractivity contribution >= 4 is 0 Å². The van der Waals surface area contributed by atoms with Crippen molar-refractivity contribution in [2.75, 3.05) is 26.7 Å². The monoisotopic (exact) mass is 276 g/mol. The van der Waals surface area contributed by atoms with E-state index in [0.29, 0.717) is 6.54 Å². The maximum Gasteiger partial charge on any atom is 0.119 e. The lowest BCUT2D eigenvalue weighted by molar-refractivity contribution is 0.0793. The summed E-state index contributed by atoms with van der Waals surface area (Å²) in [5, 5.41) is 0. The molecule has 1 aromatic carbocycles. The summed E-state index contributed by atoms with van der Waals surface area (Å²) >= 11 is 0. The van der Waals surface area contributed by atoms with Gasteiger partial charge >= 0.3 is 0 Å². The summed E-state index contributed by atoms with van der Waals surface area (Å²) in [6.45, 7) is 7.30. The Morgan fingerprint density at radius 3 is 2.75 bits per heavy atom. The summed E-state index contributed by atoms with van der Waals surface area (Å²) in [5.41, 5.74) is 9.09. The second-order valence-electron chi connectivity index (χ2n) is 5.69. The second kappa shape index (κ2) is 6.59. The Morgan fingerprint density at radius 1 is 1.35 bits per heavy atom. The van der Waals surface area contributed by atoms with Crippen LogP contribution in [0.25, 0.3) is 0 Å². The molecular formula is C17H28N2O. The Kier molecular flexibility index (Phi) is 5.06. The molecule has 0 fully saturated rings. The summed E-state index contributed by atoms with van der Waals surface area (Å²) in [4.78, 5) is 2.56. The van der Waals surface area contributed by atoms with E-state index >= 15 is 0 Å². The maximum absolute atomic E-state index is 6.27. The molecule has 20 heavy (non-hydrogen) atoms. The number of benzene rings is 1. The highest BCUT2D eigenvalue weighted by atomic mass is 16.5. The van der Waals surface area contributed by atoms with Crippen LogP contribution in [0.5, 0.6) is 5.75 Å². The molecule has 112 valence electrons. The van der Waals surface area contributed by atoms with E-state index in [9.17, 15) is 0 Å². The summed E-state index contributed by atoms with van der Waals surface area (Å²) in [6.07, 6.45) is 4.69. The zero-order chi connectivity index (χ0) is 14.6. The van der Waals surface area contributed by atoms with Crippen molar-refractivity contribution in [1.29, 1.82) is 0 Å². The molecule has 1 aromatic rings. The van der Waals surface area contributed by atoms with Gasteiger partial charge in [0, 0.05) is 6.54 Å². The van der Waals surface area contributed by atoms with Crippen molar-refractivity contribution in [3.8, 4) is 5.75 Å². The topological polar surface area (TPSA) is 38.5 Å². The minimum atomic E-state index is -0.00706. The predicted molar refractivity (Wildman–Crippen MR) is 84.2 cm³/mol. The zero-order valence-electron chi connectivity index (χ0n) is 13.1. The molecule has 3 nitrogen and oxygen atoms in total. The van der Waals surface area contributed by atoms with Gasteiger partial charge in [0.15, 0.2) is 0 Å². The molecule has 0 bridgehead atoms. The van der Waals surface area contributed by atoms with E-state index in [0.717, 1.165) is 38.1 Å². The first-order valence-corrected chi connectivity index (χ1v) is 7.84. The van der Waals surface area contributed by atoms with Crippen LogP contribution in [0.1, 0.15) is 44.2 Å². The normalized spacial score (nSPS) is 21.9. The van der Waals surface area contributed by atoms with Gasteiger partial charge in [-0.15, -0.1) is 0 Å². The van der Waals surface area contributed by atoms with Gasteiger partial charge in [0.25, 0.3) is 0 Å². The summed E-state index contributed by atoms with van der Waals surface area (Å²) in [5.74, 6) is 0.941. The number of ether oxygens (including phenoxy) is 1. The smallest absolute Gasteiger partial charge is 0.119 e. The van der Waals surface area contributed by atoms with Gasteiger partial charge in [-0.3, -0.25) is 4.90 Å². The van der Waals surface area contributed by atoms with Gasteiger partial charge in [0.2, 0.25) is 0 Å². The van der Waals surface area contributed by atoms with Crippen LogP contribution in [0.3, 0.4) is 0 Å². The molecule has 0 radical (unpaired) electrons. The summed E-state index contributed by atoms with van der Waals surface area (Å²) < 4.78 is 5.43. The van der Waals surface area contributed by atoms with Gasteiger partial charge < -0.3 is 10.5 Å². The van der Waals surface area contributed by atoms with Crippen LogP contribution in [0, 0.1) is 0 Å². The van der Waals surface area contributed by atoms with Crippen molar-refractivity contribution in [3.05, 3.63) is 29.3 Å². The summed E-state index contributed by atoms with van der Waals surface area (Å²) in [7, 11) is 1.73. The number of nitrogens with two attached hydrogens (primary N) is 1. The van der Waals surface area contributed by atoms with Crippen LogP contribution in [0.15, 0.2) is 18.2 Å². The van der Waals surface area contributed by atoms with E-state index in [2.05, 4.69) is 36.9 Å². The number of methoxy groups -OCH3 is 1. The first-order chi connectivity index (χ1) is 9.71. The largest absolute Gasteiger partial charge is 0.497 e. The maximum atomic E-state index is 6.27. The highest BCUT2D eigenvalue weighted by Gasteiger charge is 2.39. The average molecular weight is 276 g/mol. The van der Waals surface area contributed by atoms with Crippen LogP contribution in [0.4, 0.5) is 0 Å². The lowest BCUT2D eigenvalue weighted by atomic mass is 9.75. The van der Waals surface area contributed by atoms with Gasteiger partial charge in [-0.1, -0.05) is 19.9 Å². The minimum Gasteiger partial charge on any atom is -0.497 e. The number of hydrogen-bond acceptors (Lipinski definition) is 3. The summed E-state index contributed by atoms with van der Waals surface area (Å²) in [6, 6.07) is 6.50. The second-order valence-corrected chi connectivity index (χ2v) is 5.69. The van der Waals surface area contributed by atoms with Crippen LogP contribution < -0.4 is 10.5 Å². The Balaban J connectivity index is 2.50. The van der Waals surface area contributed by atoms with Crippen LogP contribution >= 0.6 is 0 Å². The molecule has 0 saturated heterocycles. The van der Waals surface area contributed by atoms with Gasteiger partial charge in [-0.05, 0) is 62.0 Å². The van der Waals surface area contributed by atoms with Crippen molar-refractivity contribution in [2.24, 2.45) is 5.73 Å². The van der Waals surface area contributed by atoms with Crippen molar-refractivity contribution in [1.82, 2.24) is 4.90 Å². The molecule has 1 aliphatic carbocycles. The standard InChI is InChI=1S/C17H28N2O/c1-4-11-19(5-2)17(13-18)10-6-7-14-8-9-15(20-3)12-16(14)17/h8-9,12H,4-7,10-11,13,18H2,1-3H3. The SMILES string of the molecule is CCCN(CC)C1(CN)CCCc2ccc(OC)cc21. The lowest BCUT2D eigenvalue weighted by Gasteiger charge is -2.47. The van der Waals surface area contributed by atoms with Crippen molar-refractivity contribution in [2.45, 2.75) is 45.1 Å². The van der Waals surface area contributed by atoms with Gasteiger partial charge in [-0.25, -0.2) is 0 Å². The molecule has 1 unspecified atom stereocenters. The van der Waals surface area contributed by atoms with E-state index in [1.807, 2.05) is 0 Å². The Labute approximate surface area is 123 Å². The van der Waals surface area contributed by atoms with E-state index < -0.39 is 0 Å². The number of fused-ring (bicyclic) bond motifs is 1. The molecule has 2 N–H and O–H groups in total. The van der Waals surface area contributed by atoms with Crippen molar-refractivity contribution in [3.63, 3.8) is 0 Å². The quantitative estimate of drug-likeness (QED) is 0.868. The highest BCUT2D eigenvalue weighted by Crippen LogP contribution is 2.41. The predicted octanol–water partition coefficient (Wildman–Crippen LogP) is 2.92. The van der Waals surface area contributed by atoms with Gasteiger partial charge in [-0.2, -0.15) is 0 Å². The molecule has 0 heterocycles. The molecule has 0 spiro atoms. The number of likely N-dealkylation sites (N-methyl/N-ethyl adjacent to an activating group) is 1. The van der Waals surface area contributed by atoms with E-state index in [1.54, 1.807) is 7.11 Å². The fraction of sp³-hybridized carbons (Fsp3) is 0.647. The number of hydrogen-bond donors (Lipinski definition) is 1. The molecule has 0 aliphatic heterocycles. The van der Waals surface area contributed by atoms with E-state index in [1.165, 1.54) is 17.5 Å². The van der Waals surface area contributed by atoms with Crippen molar-refractivity contribution < 1.29 is 4.74 Å². The molecule has 0 aromatic heterocycles. The van der Waals surface area contributed by atoms with Gasteiger partial charge in [0.1, 0.15) is 5.75 Å². The Hall–Kier alpha value is -1.06. The molecule has 1 aliphatic rings. The number of aryl methyl sites for hydroxylation is 1. The molecule has 1 atom stereocenters. The number of nitrogens with zero attached hydrogens (tertiary/aromatic N) is 1. The van der Waals surface area contributed by atoms with Crippen LogP contribution in [0.2, 0.25) is 0 Å². The minimum absolute atomic E-state index is 0.00706. The molecular weight excluding hydrogens is 248 g/mol. The molecule has 0 amide bonds. The molecule has 3 heteroatoms. The highest BCUT2D eigenvalue weighted by molar-refractivity contribution is 5.42. The first-order valence-electron chi connectivity index (χ1n) is 7.84. The Bertz CT molecular complexity index is 447. The first kappa shape index (κ1) is 15.3. The average Bonchev–Trinajstić information content (AvgIpc) is 2.51. The lowest BCUT2D eigenvalue weighted by Crippen LogP contribution is -2.53. The third-order valence-electron chi connectivity index (χ3n) is 4.67. The zero-order valence-corrected chi connectivity index (χ0v) is 13.1. The Morgan fingerprint density at radius 2 is 2.15 bits per heavy atom.